The average Bonchev–Trinajstić information content (AvgIpc) is 3.00. The maximum absolute atomic E-state index is 12.0. The molecule has 6 nitrogen and oxygen atoms in total. The van der Waals surface area contributed by atoms with Crippen molar-refractivity contribution in [3.05, 3.63) is 30.3 Å². The van der Waals surface area contributed by atoms with E-state index in [0.717, 1.165) is 18.5 Å². The van der Waals surface area contributed by atoms with Crippen molar-refractivity contribution >= 4 is 17.7 Å². The van der Waals surface area contributed by atoms with Crippen LogP contribution in [0.1, 0.15) is 33.6 Å². The third-order valence-corrected chi connectivity index (χ3v) is 4.28. The van der Waals surface area contributed by atoms with Gasteiger partial charge in [-0.3, -0.25) is 4.79 Å². The number of hydrogen-bond acceptors (Lipinski definition) is 5. The number of nitrogens with zero attached hydrogens (tertiary/aromatic N) is 4. The maximum atomic E-state index is 12.0. The van der Waals surface area contributed by atoms with Crippen molar-refractivity contribution in [2.75, 3.05) is 5.75 Å². The number of aromatic nitrogens is 4. The van der Waals surface area contributed by atoms with E-state index in [9.17, 15) is 4.79 Å². The predicted molar refractivity (Wildman–Crippen MR) is 91.6 cm³/mol. The Morgan fingerprint density at radius 1 is 1.22 bits per heavy atom. The van der Waals surface area contributed by atoms with Crippen molar-refractivity contribution in [2.45, 2.75) is 44.8 Å². The first-order valence-corrected chi connectivity index (χ1v) is 8.80. The summed E-state index contributed by atoms with van der Waals surface area (Å²) in [4.78, 5) is 12.0. The molecule has 1 aromatic carbocycles. The third-order valence-electron chi connectivity index (χ3n) is 3.36. The second-order valence-electron chi connectivity index (χ2n) is 5.94. The van der Waals surface area contributed by atoms with E-state index in [1.807, 2.05) is 37.3 Å². The van der Waals surface area contributed by atoms with Crippen LogP contribution in [-0.2, 0) is 4.79 Å². The zero-order chi connectivity index (χ0) is 16.7. The van der Waals surface area contributed by atoms with E-state index in [-0.39, 0.29) is 11.9 Å². The van der Waals surface area contributed by atoms with Gasteiger partial charge in [-0.25, -0.2) is 0 Å². The molecule has 1 amide bonds. The molecule has 23 heavy (non-hydrogen) atoms. The second-order valence-corrected chi connectivity index (χ2v) is 6.88. The van der Waals surface area contributed by atoms with Crippen LogP contribution in [0.4, 0.5) is 0 Å². The van der Waals surface area contributed by atoms with Gasteiger partial charge in [0.1, 0.15) is 0 Å². The Labute approximate surface area is 141 Å². The minimum Gasteiger partial charge on any atom is -0.353 e. The maximum Gasteiger partial charge on any atom is 0.230 e. The molecule has 0 aliphatic rings. The molecule has 7 heteroatoms. The summed E-state index contributed by atoms with van der Waals surface area (Å²) in [5.74, 6) is 0.965. The molecule has 1 heterocycles. The third kappa shape index (κ3) is 5.67. The SMILES string of the molecule is CC(C)CC[C@@H](C)NC(=O)CSc1nnnn1-c1ccccc1. The number of hydrogen-bond donors (Lipinski definition) is 1. The molecule has 0 aliphatic carbocycles. The number of carbonyl (C=O) groups is 1. The Balaban J connectivity index is 1.85. The van der Waals surface area contributed by atoms with Crippen molar-refractivity contribution in [1.82, 2.24) is 25.5 Å². The van der Waals surface area contributed by atoms with Gasteiger partial charge in [-0.05, 0) is 48.2 Å². The molecule has 0 spiro atoms. The Morgan fingerprint density at radius 2 is 1.96 bits per heavy atom. The molecule has 1 N–H and O–H groups in total. The Hall–Kier alpha value is -1.89. The highest BCUT2D eigenvalue weighted by Crippen LogP contribution is 2.17. The van der Waals surface area contributed by atoms with Crippen molar-refractivity contribution in [3.63, 3.8) is 0 Å². The number of rotatable bonds is 8. The van der Waals surface area contributed by atoms with Crippen LogP contribution in [0.15, 0.2) is 35.5 Å². The number of thioether (sulfide) groups is 1. The van der Waals surface area contributed by atoms with Gasteiger partial charge < -0.3 is 5.32 Å². The number of nitrogens with one attached hydrogen (secondary N) is 1. The van der Waals surface area contributed by atoms with Crippen molar-refractivity contribution in [1.29, 1.82) is 0 Å². The minimum atomic E-state index is 0.00821. The van der Waals surface area contributed by atoms with Crippen LogP contribution in [0.25, 0.3) is 5.69 Å². The van der Waals surface area contributed by atoms with E-state index in [1.54, 1.807) is 4.68 Å². The normalized spacial score (nSPS) is 12.3. The van der Waals surface area contributed by atoms with Gasteiger partial charge in [-0.2, -0.15) is 4.68 Å². The number of benzene rings is 1. The van der Waals surface area contributed by atoms with Crippen molar-refractivity contribution in [3.8, 4) is 5.69 Å². The molecular formula is C16H23N5OS. The van der Waals surface area contributed by atoms with Crippen LogP contribution in [0.3, 0.4) is 0 Å². The molecule has 0 saturated heterocycles. The second kappa shape index (κ2) is 8.67. The molecule has 0 aliphatic heterocycles. The lowest BCUT2D eigenvalue weighted by atomic mass is 10.0. The van der Waals surface area contributed by atoms with E-state index >= 15 is 0 Å². The van der Waals surface area contributed by atoms with E-state index in [4.69, 9.17) is 0 Å². The smallest absolute Gasteiger partial charge is 0.230 e. The summed E-state index contributed by atoms with van der Waals surface area (Å²) >= 11 is 1.34. The topological polar surface area (TPSA) is 72.7 Å². The molecule has 1 aromatic heterocycles. The molecule has 2 aromatic rings. The Morgan fingerprint density at radius 3 is 2.65 bits per heavy atom. The predicted octanol–water partition coefficient (Wildman–Crippen LogP) is 2.70. The first kappa shape index (κ1) is 17.5. The number of carbonyl (C=O) groups excluding carboxylic acids is 1. The minimum absolute atomic E-state index is 0.00821. The largest absolute Gasteiger partial charge is 0.353 e. The van der Waals surface area contributed by atoms with Crippen LogP contribution in [0.2, 0.25) is 0 Å². The summed E-state index contributed by atoms with van der Waals surface area (Å²) in [5, 5.41) is 15.3. The van der Waals surface area contributed by atoms with Crippen molar-refractivity contribution in [2.24, 2.45) is 5.92 Å². The van der Waals surface area contributed by atoms with Crippen LogP contribution in [0.5, 0.6) is 0 Å². The Kier molecular flexibility index (Phi) is 6.58. The van der Waals surface area contributed by atoms with E-state index in [2.05, 4.69) is 34.7 Å². The Bertz CT molecular complexity index is 614. The first-order valence-electron chi connectivity index (χ1n) is 7.82. The molecule has 0 fully saturated rings. The summed E-state index contributed by atoms with van der Waals surface area (Å²) in [6.07, 6.45) is 2.11. The molecule has 1 atom stereocenters. The summed E-state index contributed by atoms with van der Waals surface area (Å²) in [7, 11) is 0. The summed E-state index contributed by atoms with van der Waals surface area (Å²) in [6, 6.07) is 9.83. The number of tetrazole rings is 1. The number of para-hydroxylation sites is 1. The molecule has 124 valence electrons. The first-order chi connectivity index (χ1) is 11.1. The van der Waals surface area contributed by atoms with Gasteiger partial charge in [0.2, 0.25) is 11.1 Å². The zero-order valence-corrected chi connectivity index (χ0v) is 14.6. The van der Waals surface area contributed by atoms with Gasteiger partial charge in [-0.15, -0.1) is 5.10 Å². The fourth-order valence-corrected chi connectivity index (χ4v) is 2.80. The van der Waals surface area contributed by atoms with Crippen molar-refractivity contribution < 1.29 is 4.79 Å². The van der Waals surface area contributed by atoms with E-state index < -0.39 is 0 Å². The summed E-state index contributed by atoms with van der Waals surface area (Å²) in [5.41, 5.74) is 0.880. The molecule has 0 radical (unpaired) electrons. The van der Waals surface area contributed by atoms with Crippen LogP contribution < -0.4 is 5.32 Å². The average molecular weight is 333 g/mol. The van der Waals surface area contributed by atoms with Gasteiger partial charge >= 0.3 is 0 Å². The highest BCUT2D eigenvalue weighted by molar-refractivity contribution is 7.99. The standard InChI is InChI=1S/C16H23N5OS/c1-12(2)9-10-13(3)17-15(22)11-23-16-18-19-20-21(16)14-7-5-4-6-8-14/h4-8,12-13H,9-11H2,1-3H3,(H,17,22)/t13-/m1/s1. The molecule has 0 saturated carbocycles. The molecule has 0 unspecified atom stereocenters. The number of amides is 1. The lowest BCUT2D eigenvalue weighted by molar-refractivity contribution is -0.119. The van der Waals surface area contributed by atoms with Crippen LogP contribution >= 0.6 is 11.8 Å². The van der Waals surface area contributed by atoms with Gasteiger partial charge in [0, 0.05) is 6.04 Å². The van der Waals surface area contributed by atoms with Crippen LogP contribution in [-0.4, -0.2) is 37.9 Å². The van der Waals surface area contributed by atoms with E-state index in [0.29, 0.717) is 16.8 Å². The molecule has 2 rings (SSSR count). The van der Waals surface area contributed by atoms with Gasteiger partial charge in [0.05, 0.1) is 11.4 Å². The monoisotopic (exact) mass is 333 g/mol. The highest BCUT2D eigenvalue weighted by atomic mass is 32.2. The van der Waals surface area contributed by atoms with Gasteiger partial charge in [0.25, 0.3) is 0 Å². The quantitative estimate of drug-likeness (QED) is 0.752. The lowest BCUT2D eigenvalue weighted by Gasteiger charge is -2.14. The fourth-order valence-electron chi connectivity index (χ4n) is 2.10. The highest BCUT2D eigenvalue weighted by Gasteiger charge is 2.13. The fraction of sp³-hybridized carbons (Fsp3) is 0.500. The lowest BCUT2D eigenvalue weighted by Crippen LogP contribution is -2.34. The molecular weight excluding hydrogens is 310 g/mol. The summed E-state index contributed by atoms with van der Waals surface area (Å²) < 4.78 is 1.64. The summed E-state index contributed by atoms with van der Waals surface area (Å²) in [6.45, 7) is 6.42. The van der Waals surface area contributed by atoms with Gasteiger partial charge in [-0.1, -0.05) is 43.8 Å². The van der Waals surface area contributed by atoms with E-state index in [1.165, 1.54) is 11.8 Å². The van der Waals surface area contributed by atoms with Crippen LogP contribution in [0, 0.1) is 5.92 Å². The van der Waals surface area contributed by atoms with Gasteiger partial charge in [0.15, 0.2) is 0 Å². The molecule has 0 bridgehead atoms. The zero-order valence-electron chi connectivity index (χ0n) is 13.8.